The van der Waals surface area contributed by atoms with E-state index >= 15 is 0 Å². The summed E-state index contributed by atoms with van der Waals surface area (Å²) in [6.45, 7) is 0. The first-order chi connectivity index (χ1) is 9.99. The normalized spacial score (nSPS) is 19.8. The molecule has 2 heterocycles. The number of nitrogens with zero attached hydrogens (tertiary/aromatic N) is 1. The maximum atomic E-state index is 12.3. The van der Waals surface area contributed by atoms with Gasteiger partial charge < -0.3 is 9.88 Å². The van der Waals surface area contributed by atoms with Gasteiger partial charge in [0, 0.05) is 13.2 Å². The number of hydrogen-bond donors (Lipinski definition) is 1. The predicted molar refractivity (Wildman–Crippen MR) is 78.7 cm³/mol. The SMILES string of the molecule is Cn1cccc1C(=O)N[C@H]1CCS(=O)(=O)c2ccccc21. The van der Waals surface area contributed by atoms with E-state index in [0.29, 0.717) is 22.6 Å². The fraction of sp³-hybridized carbons (Fsp3) is 0.267. The molecule has 3 rings (SSSR count). The molecule has 1 aromatic carbocycles. The molecule has 0 fully saturated rings. The molecule has 21 heavy (non-hydrogen) atoms. The molecule has 0 radical (unpaired) electrons. The number of aryl methyl sites for hydroxylation is 1. The van der Waals surface area contributed by atoms with Crippen molar-refractivity contribution < 1.29 is 13.2 Å². The molecule has 1 amide bonds. The molecular formula is C15H16N2O3S. The van der Waals surface area contributed by atoms with Crippen LogP contribution in [0, 0.1) is 0 Å². The van der Waals surface area contributed by atoms with Crippen LogP contribution in [-0.4, -0.2) is 24.6 Å². The summed E-state index contributed by atoms with van der Waals surface area (Å²) in [6, 6.07) is 10.1. The Morgan fingerprint density at radius 3 is 2.71 bits per heavy atom. The number of benzene rings is 1. The molecule has 0 aliphatic carbocycles. The first-order valence-electron chi connectivity index (χ1n) is 6.73. The quantitative estimate of drug-likeness (QED) is 0.917. The Morgan fingerprint density at radius 2 is 2.00 bits per heavy atom. The second-order valence-electron chi connectivity index (χ2n) is 5.18. The zero-order chi connectivity index (χ0) is 15.0. The lowest BCUT2D eigenvalue weighted by Gasteiger charge is -2.26. The van der Waals surface area contributed by atoms with Crippen molar-refractivity contribution >= 4 is 15.7 Å². The van der Waals surface area contributed by atoms with Crippen molar-refractivity contribution in [1.29, 1.82) is 0 Å². The second kappa shape index (κ2) is 5.04. The van der Waals surface area contributed by atoms with Crippen molar-refractivity contribution in [2.24, 2.45) is 7.05 Å². The van der Waals surface area contributed by atoms with E-state index in [-0.39, 0.29) is 17.7 Å². The summed E-state index contributed by atoms with van der Waals surface area (Å²) in [6.07, 6.45) is 2.20. The summed E-state index contributed by atoms with van der Waals surface area (Å²) in [5.74, 6) is -0.135. The number of carbonyl (C=O) groups excluding carboxylic acids is 1. The van der Waals surface area contributed by atoms with Gasteiger partial charge in [0.25, 0.3) is 5.91 Å². The first-order valence-corrected chi connectivity index (χ1v) is 8.38. The fourth-order valence-corrected chi connectivity index (χ4v) is 4.29. The van der Waals surface area contributed by atoms with Crippen molar-refractivity contribution in [1.82, 2.24) is 9.88 Å². The minimum atomic E-state index is -3.23. The predicted octanol–water partition coefficient (Wildman–Crippen LogP) is 1.67. The lowest BCUT2D eigenvalue weighted by atomic mass is 10.0. The molecule has 0 spiro atoms. The van der Waals surface area contributed by atoms with Crippen molar-refractivity contribution in [3.05, 3.63) is 53.9 Å². The molecule has 1 aromatic heterocycles. The molecule has 0 unspecified atom stereocenters. The number of carbonyl (C=O) groups is 1. The molecule has 1 N–H and O–H groups in total. The Hall–Kier alpha value is -2.08. The lowest BCUT2D eigenvalue weighted by Crippen LogP contribution is -2.34. The Balaban J connectivity index is 1.91. The Morgan fingerprint density at radius 1 is 1.24 bits per heavy atom. The number of fused-ring (bicyclic) bond motifs is 1. The molecule has 1 atom stereocenters. The van der Waals surface area contributed by atoms with Crippen molar-refractivity contribution in [2.75, 3.05) is 5.75 Å². The highest BCUT2D eigenvalue weighted by atomic mass is 32.2. The van der Waals surface area contributed by atoms with Gasteiger partial charge in [-0.2, -0.15) is 0 Å². The molecule has 0 bridgehead atoms. The fourth-order valence-electron chi connectivity index (χ4n) is 2.67. The summed E-state index contributed by atoms with van der Waals surface area (Å²) < 4.78 is 25.9. The minimum absolute atomic E-state index is 0.0576. The Kier molecular flexibility index (Phi) is 3.33. The van der Waals surface area contributed by atoms with Crippen LogP contribution in [0.1, 0.15) is 28.5 Å². The van der Waals surface area contributed by atoms with Gasteiger partial charge in [0.05, 0.1) is 16.7 Å². The van der Waals surface area contributed by atoms with Crippen LogP contribution in [0.5, 0.6) is 0 Å². The number of nitrogens with one attached hydrogen (secondary N) is 1. The van der Waals surface area contributed by atoms with Crippen LogP contribution in [0.4, 0.5) is 0 Å². The number of hydrogen-bond acceptors (Lipinski definition) is 3. The number of rotatable bonds is 2. The van der Waals surface area contributed by atoms with Crippen LogP contribution >= 0.6 is 0 Å². The summed E-state index contributed by atoms with van der Waals surface area (Å²) in [7, 11) is -1.43. The molecule has 0 saturated carbocycles. The van der Waals surface area contributed by atoms with Crippen molar-refractivity contribution in [2.45, 2.75) is 17.4 Å². The summed E-state index contributed by atoms with van der Waals surface area (Å²) in [5.41, 5.74) is 1.23. The largest absolute Gasteiger partial charge is 0.347 e. The highest BCUT2D eigenvalue weighted by Crippen LogP contribution is 2.32. The molecule has 1 aliphatic rings. The van der Waals surface area contributed by atoms with E-state index in [2.05, 4.69) is 5.32 Å². The summed E-state index contributed by atoms with van der Waals surface area (Å²) in [5, 5.41) is 2.93. The average molecular weight is 304 g/mol. The monoisotopic (exact) mass is 304 g/mol. The highest BCUT2D eigenvalue weighted by Gasteiger charge is 2.31. The van der Waals surface area contributed by atoms with Gasteiger partial charge in [-0.05, 0) is 30.2 Å². The van der Waals surface area contributed by atoms with Crippen molar-refractivity contribution in [3.8, 4) is 0 Å². The van der Waals surface area contributed by atoms with Crippen LogP contribution in [0.15, 0.2) is 47.5 Å². The third kappa shape index (κ3) is 2.47. The van der Waals surface area contributed by atoms with Gasteiger partial charge >= 0.3 is 0 Å². The Bertz CT molecular complexity index is 793. The van der Waals surface area contributed by atoms with E-state index in [1.54, 1.807) is 54.2 Å². The van der Waals surface area contributed by atoms with Crippen LogP contribution in [-0.2, 0) is 16.9 Å². The Labute approximate surface area is 123 Å². The lowest BCUT2D eigenvalue weighted by molar-refractivity contribution is 0.0926. The van der Waals surface area contributed by atoms with E-state index in [1.807, 2.05) is 0 Å². The smallest absolute Gasteiger partial charge is 0.268 e. The third-order valence-electron chi connectivity index (χ3n) is 3.79. The van der Waals surface area contributed by atoms with Crippen LogP contribution in [0.3, 0.4) is 0 Å². The van der Waals surface area contributed by atoms with Gasteiger partial charge in [-0.1, -0.05) is 18.2 Å². The van der Waals surface area contributed by atoms with Crippen LogP contribution in [0.2, 0.25) is 0 Å². The third-order valence-corrected chi connectivity index (χ3v) is 5.60. The van der Waals surface area contributed by atoms with Crippen LogP contribution in [0.25, 0.3) is 0 Å². The molecule has 6 heteroatoms. The molecule has 2 aromatic rings. The standard InChI is InChI=1S/C15H16N2O3S/c1-17-9-4-6-13(17)15(18)16-12-8-10-21(19,20)14-7-3-2-5-11(12)14/h2-7,9,12H,8,10H2,1H3,(H,16,18)/t12-/m0/s1. The van der Waals surface area contributed by atoms with Gasteiger partial charge in [-0.15, -0.1) is 0 Å². The summed E-state index contributed by atoms with van der Waals surface area (Å²) >= 11 is 0. The minimum Gasteiger partial charge on any atom is -0.347 e. The van der Waals surface area contributed by atoms with Gasteiger partial charge in [-0.25, -0.2) is 8.42 Å². The number of amides is 1. The van der Waals surface area contributed by atoms with E-state index in [1.165, 1.54) is 0 Å². The second-order valence-corrected chi connectivity index (χ2v) is 7.25. The molecule has 0 saturated heterocycles. The molecule has 5 nitrogen and oxygen atoms in total. The molecule has 110 valence electrons. The van der Waals surface area contributed by atoms with Gasteiger partial charge in [0.2, 0.25) is 0 Å². The van der Waals surface area contributed by atoms with E-state index < -0.39 is 9.84 Å². The highest BCUT2D eigenvalue weighted by molar-refractivity contribution is 7.91. The van der Waals surface area contributed by atoms with Crippen LogP contribution < -0.4 is 5.32 Å². The van der Waals surface area contributed by atoms with E-state index in [9.17, 15) is 13.2 Å². The number of sulfone groups is 1. The molecular weight excluding hydrogens is 288 g/mol. The summed E-state index contributed by atoms with van der Waals surface area (Å²) in [4.78, 5) is 12.6. The van der Waals surface area contributed by atoms with Gasteiger partial charge in [0.1, 0.15) is 5.69 Å². The van der Waals surface area contributed by atoms with Crippen molar-refractivity contribution in [3.63, 3.8) is 0 Å². The van der Waals surface area contributed by atoms with Gasteiger partial charge in [-0.3, -0.25) is 4.79 Å². The molecule has 1 aliphatic heterocycles. The zero-order valence-corrected chi connectivity index (χ0v) is 12.4. The maximum absolute atomic E-state index is 12.3. The van der Waals surface area contributed by atoms with E-state index in [4.69, 9.17) is 0 Å². The average Bonchev–Trinajstić information content (AvgIpc) is 2.89. The topological polar surface area (TPSA) is 68.2 Å². The zero-order valence-electron chi connectivity index (χ0n) is 11.6. The first kappa shape index (κ1) is 13.9. The maximum Gasteiger partial charge on any atom is 0.268 e. The van der Waals surface area contributed by atoms with Gasteiger partial charge in [0.15, 0.2) is 9.84 Å². The van der Waals surface area contributed by atoms with E-state index in [0.717, 1.165) is 0 Å². The number of aromatic nitrogens is 1.